The van der Waals surface area contributed by atoms with Crippen LogP contribution in [0.4, 0.5) is 5.82 Å². The molecule has 0 spiro atoms. The number of aromatic nitrogens is 4. The van der Waals surface area contributed by atoms with Gasteiger partial charge >= 0.3 is 0 Å². The van der Waals surface area contributed by atoms with E-state index in [9.17, 15) is 5.11 Å². The fraction of sp³-hybridized carbons (Fsp3) is 0.269. The Balaban J connectivity index is 1.39. The first-order chi connectivity index (χ1) is 16.8. The molecule has 6 rings (SSSR count). The Kier molecular flexibility index (Phi) is 5.60. The van der Waals surface area contributed by atoms with Gasteiger partial charge in [0.15, 0.2) is 17.3 Å². The molecule has 1 fully saturated rings. The minimum absolute atomic E-state index is 0.227. The van der Waals surface area contributed by atoms with E-state index >= 15 is 0 Å². The van der Waals surface area contributed by atoms with E-state index in [4.69, 9.17) is 19.7 Å². The molecule has 0 bridgehead atoms. The van der Waals surface area contributed by atoms with Crippen LogP contribution in [0.25, 0.3) is 32.6 Å². The van der Waals surface area contributed by atoms with Gasteiger partial charge in [-0.1, -0.05) is 30.3 Å². The highest BCUT2D eigenvalue weighted by atomic mass is 32.1. The second-order valence-electron chi connectivity index (χ2n) is 8.58. The number of ether oxygens (including phenoxy) is 1. The van der Waals surface area contributed by atoms with Gasteiger partial charge in [-0.15, -0.1) is 11.3 Å². The van der Waals surface area contributed by atoms with Gasteiger partial charge in [0.25, 0.3) is 0 Å². The molecule has 7 nitrogen and oxygen atoms in total. The molecule has 1 aliphatic heterocycles. The Morgan fingerprint density at radius 3 is 2.85 bits per heavy atom. The van der Waals surface area contributed by atoms with E-state index in [1.54, 1.807) is 23.5 Å². The van der Waals surface area contributed by atoms with Crippen LogP contribution in [-0.2, 0) is 11.2 Å². The summed E-state index contributed by atoms with van der Waals surface area (Å²) in [4.78, 5) is 14.7. The van der Waals surface area contributed by atoms with Gasteiger partial charge < -0.3 is 19.7 Å². The van der Waals surface area contributed by atoms with Crippen LogP contribution >= 0.6 is 11.3 Å². The third-order valence-electron chi connectivity index (χ3n) is 6.32. The zero-order valence-corrected chi connectivity index (χ0v) is 19.5. The lowest BCUT2D eigenvalue weighted by Crippen LogP contribution is -2.21. The van der Waals surface area contributed by atoms with Gasteiger partial charge in [-0.25, -0.2) is 15.0 Å². The van der Waals surface area contributed by atoms with Crippen LogP contribution in [0, 0.1) is 0 Å². The maximum Gasteiger partial charge on any atom is 0.166 e. The number of benzene rings is 2. The molecule has 2 N–H and O–H groups in total. The number of hydrogen-bond acceptors (Lipinski definition) is 7. The largest absolute Gasteiger partial charge is 0.508 e. The van der Waals surface area contributed by atoms with Crippen LogP contribution in [-0.4, -0.2) is 44.4 Å². The molecule has 3 aromatic heterocycles. The van der Waals surface area contributed by atoms with Gasteiger partial charge in [-0.05, 0) is 43.0 Å². The number of fused-ring (bicyclic) bond motifs is 2. The molecule has 0 radical (unpaired) electrons. The molecule has 172 valence electrons. The molecular formula is C26H25N5O2S. The number of phenolic OH excluding ortho intramolecular Hbond substituents is 1. The van der Waals surface area contributed by atoms with Crippen molar-refractivity contribution in [2.24, 2.45) is 0 Å². The summed E-state index contributed by atoms with van der Waals surface area (Å²) in [5.74, 6) is 1.72. The van der Waals surface area contributed by atoms with Crippen molar-refractivity contribution in [3.8, 4) is 17.1 Å². The molecule has 1 aliphatic rings. The fourth-order valence-corrected chi connectivity index (χ4v) is 5.45. The van der Waals surface area contributed by atoms with Crippen molar-refractivity contribution >= 4 is 38.4 Å². The van der Waals surface area contributed by atoms with Crippen molar-refractivity contribution in [3.63, 3.8) is 0 Å². The van der Waals surface area contributed by atoms with Gasteiger partial charge in [0.1, 0.15) is 11.3 Å². The van der Waals surface area contributed by atoms with Crippen molar-refractivity contribution in [2.75, 3.05) is 25.1 Å². The van der Waals surface area contributed by atoms with Gasteiger partial charge in [0.05, 0.1) is 19.0 Å². The van der Waals surface area contributed by atoms with E-state index in [1.165, 1.54) is 4.70 Å². The Morgan fingerprint density at radius 1 is 1.12 bits per heavy atom. The van der Waals surface area contributed by atoms with E-state index in [2.05, 4.69) is 39.5 Å². The van der Waals surface area contributed by atoms with Gasteiger partial charge in [-0.3, -0.25) is 0 Å². The zero-order valence-electron chi connectivity index (χ0n) is 18.6. The number of hydrogen-bond donors (Lipinski definition) is 2. The number of nitrogens with zero attached hydrogens (tertiary/aromatic N) is 4. The Bertz CT molecular complexity index is 1440. The van der Waals surface area contributed by atoms with E-state index < -0.39 is 0 Å². The normalized spacial score (nSPS) is 16.3. The number of aromatic hydroxyl groups is 1. The van der Waals surface area contributed by atoms with Crippen LogP contribution in [0.2, 0.25) is 0 Å². The van der Waals surface area contributed by atoms with Gasteiger partial charge in [0.2, 0.25) is 0 Å². The summed E-state index contributed by atoms with van der Waals surface area (Å²) in [5.41, 5.74) is 3.80. The average Bonchev–Trinajstić information content (AvgIpc) is 3.50. The minimum Gasteiger partial charge on any atom is -0.508 e. The van der Waals surface area contributed by atoms with E-state index in [0.29, 0.717) is 19.0 Å². The predicted molar refractivity (Wildman–Crippen MR) is 136 cm³/mol. The molecule has 34 heavy (non-hydrogen) atoms. The Labute approximate surface area is 201 Å². The molecule has 0 amide bonds. The topological polar surface area (TPSA) is 85.1 Å². The second-order valence-corrected chi connectivity index (χ2v) is 9.49. The summed E-state index contributed by atoms with van der Waals surface area (Å²) < 4.78 is 9.12. The van der Waals surface area contributed by atoms with Crippen LogP contribution in [0.3, 0.4) is 0 Å². The highest BCUT2D eigenvalue weighted by Gasteiger charge is 2.22. The number of anilines is 1. The molecule has 8 heteroatoms. The maximum absolute atomic E-state index is 9.53. The number of phenols is 1. The molecular weight excluding hydrogens is 446 g/mol. The Morgan fingerprint density at radius 2 is 2.00 bits per heavy atom. The predicted octanol–water partition coefficient (Wildman–Crippen LogP) is 5.42. The van der Waals surface area contributed by atoms with Crippen molar-refractivity contribution in [1.29, 1.82) is 0 Å². The smallest absolute Gasteiger partial charge is 0.166 e. The lowest BCUT2D eigenvalue weighted by molar-refractivity contribution is 0.0603. The summed E-state index contributed by atoms with van der Waals surface area (Å²) in [6, 6.07) is 15.9. The third kappa shape index (κ3) is 3.99. The molecule has 4 heterocycles. The molecule has 1 unspecified atom stereocenters. The minimum atomic E-state index is 0.227. The highest BCUT2D eigenvalue weighted by Crippen LogP contribution is 2.34. The van der Waals surface area contributed by atoms with Crippen molar-refractivity contribution in [2.45, 2.75) is 25.3 Å². The van der Waals surface area contributed by atoms with E-state index in [1.807, 2.05) is 18.5 Å². The number of thiophene rings is 1. The molecule has 0 saturated carbocycles. The highest BCUT2D eigenvalue weighted by molar-refractivity contribution is 7.17. The molecule has 1 saturated heterocycles. The number of imidazole rings is 1. The van der Waals surface area contributed by atoms with Gasteiger partial charge in [-0.2, -0.15) is 0 Å². The number of rotatable bonds is 6. The quantitative estimate of drug-likeness (QED) is 0.344. The summed E-state index contributed by atoms with van der Waals surface area (Å²) in [6.07, 6.45) is 4.77. The summed E-state index contributed by atoms with van der Waals surface area (Å²) in [5, 5.41) is 16.3. The zero-order chi connectivity index (χ0) is 22.9. The molecule has 2 aromatic carbocycles. The summed E-state index contributed by atoms with van der Waals surface area (Å²) >= 11 is 1.71. The lowest BCUT2D eigenvalue weighted by atomic mass is 10.1. The monoisotopic (exact) mass is 471 g/mol. The third-order valence-corrected chi connectivity index (χ3v) is 7.28. The summed E-state index contributed by atoms with van der Waals surface area (Å²) in [6.45, 7) is 2.18. The van der Waals surface area contributed by atoms with E-state index in [0.717, 1.165) is 59.4 Å². The second kappa shape index (κ2) is 9.04. The first-order valence-corrected chi connectivity index (χ1v) is 12.4. The van der Waals surface area contributed by atoms with Crippen molar-refractivity contribution in [1.82, 2.24) is 19.5 Å². The average molecular weight is 472 g/mol. The van der Waals surface area contributed by atoms with Crippen LogP contribution in [0.5, 0.6) is 5.75 Å². The van der Waals surface area contributed by atoms with Crippen molar-refractivity contribution < 1.29 is 9.84 Å². The van der Waals surface area contributed by atoms with Crippen LogP contribution in [0.1, 0.15) is 24.4 Å². The van der Waals surface area contributed by atoms with Crippen molar-refractivity contribution in [3.05, 3.63) is 65.8 Å². The molecule has 5 aromatic rings. The SMILES string of the molecule is Oc1ccc(CCNc2nc(-c3csc4ccccc34)nc3c2ncn3C2CCCOC2)cc1. The lowest BCUT2D eigenvalue weighted by Gasteiger charge is -2.23. The van der Waals surface area contributed by atoms with Crippen LogP contribution in [0.15, 0.2) is 60.2 Å². The standard InChI is InChI=1S/C26H25N5O2S/c32-19-9-7-17(8-10-19)11-12-27-25-23-26(31(16-28-23)18-4-3-13-33-14-18)30-24(29-25)21-15-34-22-6-2-1-5-20(21)22/h1-2,5-10,15-16,18,32H,3-4,11-14H2,(H,27,29,30). The van der Waals surface area contributed by atoms with E-state index in [-0.39, 0.29) is 11.8 Å². The van der Waals surface area contributed by atoms with Crippen LogP contribution < -0.4 is 5.32 Å². The maximum atomic E-state index is 9.53. The summed E-state index contributed by atoms with van der Waals surface area (Å²) in [7, 11) is 0. The van der Waals surface area contributed by atoms with Gasteiger partial charge in [0, 0.05) is 34.2 Å². The molecule has 1 atom stereocenters. The fourth-order valence-electron chi connectivity index (χ4n) is 4.51. The Hall–Kier alpha value is -3.49. The first-order valence-electron chi connectivity index (χ1n) is 11.6. The molecule has 0 aliphatic carbocycles. The first kappa shape index (κ1) is 21.1. The number of nitrogens with one attached hydrogen (secondary N) is 1.